The Hall–Kier alpha value is -11.4. The van der Waals surface area contributed by atoms with Gasteiger partial charge >= 0.3 is 0 Å². The molecule has 22 heteroatoms. The van der Waals surface area contributed by atoms with Gasteiger partial charge in [-0.25, -0.2) is 0 Å². The minimum absolute atomic E-state index is 0.168. The molecule has 12 aromatic carbocycles. The summed E-state index contributed by atoms with van der Waals surface area (Å²) in [5.74, 6) is 0.437. The fourth-order valence-electron chi connectivity index (χ4n) is 18.4. The third-order valence-corrected chi connectivity index (χ3v) is 38.5. The van der Waals surface area contributed by atoms with Crippen molar-refractivity contribution < 1.29 is 57.1 Å². The van der Waals surface area contributed by atoms with Gasteiger partial charge in [-0.1, -0.05) is 374 Å². The van der Waals surface area contributed by atoms with E-state index in [2.05, 4.69) is 163 Å². The second-order valence-corrected chi connectivity index (χ2v) is 52.7. The van der Waals surface area contributed by atoms with Gasteiger partial charge in [0.25, 0.3) is 0 Å². The Balaban J connectivity index is 0.785. The largest absolute Gasteiger partial charge is 0.507 e. The van der Waals surface area contributed by atoms with E-state index in [1.807, 2.05) is 243 Å². The maximum Gasteiger partial charge on any atom is 0.228 e. The van der Waals surface area contributed by atoms with E-state index in [4.69, 9.17) is 9.47 Å². The molecule has 0 spiro atoms. The summed E-state index contributed by atoms with van der Waals surface area (Å²) < 4.78 is 74.9. The van der Waals surface area contributed by atoms with E-state index in [0.29, 0.717) is 158 Å². The normalized spacial score (nSPS) is 12.8. The van der Waals surface area contributed by atoms with Crippen LogP contribution in [0.5, 0.6) is 23.0 Å². The van der Waals surface area contributed by atoms with Gasteiger partial charge in [-0.2, -0.15) is 0 Å². The van der Waals surface area contributed by atoms with E-state index < -0.39 is 28.6 Å². The van der Waals surface area contributed by atoms with Crippen LogP contribution in [-0.2, 0) is 84.8 Å². The molecule has 8 bridgehead atoms. The van der Waals surface area contributed by atoms with Crippen molar-refractivity contribution in [1.82, 2.24) is 31.1 Å². The van der Waals surface area contributed by atoms with Crippen LogP contribution in [0.25, 0.3) is 0 Å². The summed E-state index contributed by atoms with van der Waals surface area (Å²) >= 11 is 0. The first kappa shape index (κ1) is 106. The number of hydrogen-bond acceptors (Lipinski definition) is 14. The van der Waals surface area contributed by atoms with Gasteiger partial charge in [-0.15, -0.1) is 0 Å². The van der Waals surface area contributed by atoms with Gasteiger partial charge in [0.15, 0.2) is 28.6 Å². The fourth-order valence-corrected chi connectivity index (χ4v) is 28.4. The highest BCUT2D eigenvalue weighted by Gasteiger charge is 2.37. The van der Waals surface area contributed by atoms with E-state index in [1.165, 1.54) is 0 Å². The summed E-state index contributed by atoms with van der Waals surface area (Å²) in [5, 5.41) is 44.2. The number of phenols is 2. The van der Waals surface area contributed by atoms with E-state index in [-0.39, 0.29) is 120 Å². The smallest absolute Gasteiger partial charge is 0.228 e. The highest BCUT2D eigenvalue weighted by molar-refractivity contribution is 7.80. The van der Waals surface area contributed by atoms with Crippen LogP contribution < -0.4 is 73.2 Å². The number of carbonyl (C=O) groups is 4. The van der Waals surface area contributed by atoms with Crippen molar-refractivity contribution in [2.75, 3.05) is 103 Å². The second-order valence-electron chi connectivity index (χ2n) is 41.4. The molecule has 0 unspecified atom stereocenters. The number of nitrogens with zero attached hydrogens (tertiary/aromatic N) is 2. The number of hydrogen-bond donors (Lipinski definition) is 6. The molecule has 18 nitrogen and oxygen atoms in total. The van der Waals surface area contributed by atoms with Crippen molar-refractivity contribution in [1.29, 1.82) is 0 Å². The number of carbonyl (C=O) groups excluding carboxylic acids is 4. The van der Waals surface area contributed by atoms with Crippen LogP contribution in [0.3, 0.4) is 0 Å². The lowest BCUT2D eigenvalue weighted by atomic mass is 9.79. The zero-order valence-corrected chi connectivity index (χ0v) is 87.3. The van der Waals surface area contributed by atoms with Gasteiger partial charge in [0, 0.05) is 107 Å². The lowest BCUT2D eigenvalue weighted by molar-refractivity contribution is -0.119. The monoisotopic (exact) mass is 1960 g/mol. The lowest BCUT2D eigenvalue weighted by Crippen LogP contribution is -2.36. The number of amides is 4. The molecular weight excluding hydrogens is 1820 g/mol. The molecule has 0 heterocycles. The number of aromatic hydroxyl groups is 2. The lowest BCUT2D eigenvalue weighted by Gasteiger charge is -2.28. The molecule has 0 saturated carbocycles. The molecule has 13 rings (SSSR count). The quantitative estimate of drug-likeness (QED) is 0.0154. The predicted molar refractivity (Wildman–Crippen MR) is 577 cm³/mol. The van der Waals surface area contributed by atoms with E-state index in [0.717, 1.165) is 66.8 Å². The first-order valence-corrected chi connectivity index (χ1v) is 57.1. The van der Waals surface area contributed by atoms with E-state index in [1.54, 1.807) is 0 Å². The number of fused-ring (bicyclic) bond motifs is 8. The average Bonchev–Trinajstić information content (AvgIpc) is 0.754. The molecule has 0 fully saturated rings. The van der Waals surface area contributed by atoms with Gasteiger partial charge in [-0.3, -0.25) is 19.2 Å². The Morgan fingerprint density at radius 1 is 0.264 bits per heavy atom. The van der Waals surface area contributed by atoms with Crippen LogP contribution in [0, 0.1) is 0 Å². The fraction of sp³-hybridized carbons (Fsp3) is 0.356. The topological polar surface area (TPSA) is 250 Å². The van der Waals surface area contributed by atoms with E-state index in [9.17, 15) is 29.4 Å². The minimum Gasteiger partial charge on any atom is -0.507 e. The molecule has 736 valence electrons. The average molecular weight is 1960 g/mol. The van der Waals surface area contributed by atoms with E-state index >= 15 is 18.3 Å². The Morgan fingerprint density at radius 3 is 0.600 bits per heavy atom. The van der Waals surface area contributed by atoms with Crippen molar-refractivity contribution in [3.63, 3.8) is 0 Å². The number of phenolic OH excluding ortho intramolecular Hbond substituents is 2. The van der Waals surface area contributed by atoms with Crippen molar-refractivity contribution in [3.8, 4) is 23.0 Å². The number of rotatable bonds is 42. The molecule has 0 aliphatic heterocycles. The SMILES string of the molecule is CC(C)(C)c1cc2c(O)c(c1)Cc1cc(C(C)(C)C)cc(c1OCCCN(CCCNC(=O)CP(=O)(c1ccccc1)c1ccccc1)CCCNC(=O)CP(=O)(c1ccccc1)c1ccccc1)Cc1cc(C(C)(C)C)cc(c1O)Cc1cc(C(C)(C)C)cc(c1OCCCN(CCCNC(=O)CP(=O)(c1ccccc1)c1ccccc1)CCCNC(=O)CP(=O)(c1ccccc1)c1ccccc1)C2. The summed E-state index contributed by atoms with van der Waals surface area (Å²) in [6.07, 6.45) is 3.79. The summed E-state index contributed by atoms with van der Waals surface area (Å²) in [4.78, 5) is 60.9. The van der Waals surface area contributed by atoms with Gasteiger partial charge in [-0.05, 0) is 153 Å². The second kappa shape index (κ2) is 47.9. The van der Waals surface area contributed by atoms with Crippen LogP contribution in [0.15, 0.2) is 291 Å². The molecule has 1 aliphatic rings. The van der Waals surface area contributed by atoms with Crippen molar-refractivity contribution in [2.24, 2.45) is 0 Å². The van der Waals surface area contributed by atoms with Gasteiger partial charge in [0.2, 0.25) is 23.6 Å². The molecule has 0 aromatic heterocycles. The summed E-state index contributed by atoms with van der Waals surface area (Å²) in [6.45, 7) is 31.7. The molecule has 1 aliphatic carbocycles. The molecular formula is C118H142N6O12P4. The summed E-state index contributed by atoms with van der Waals surface area (Å²) in [7, 11) is -13.4. The van der Waals surface area contributed by atoms with Crippen LogP contribution in [0.2, 0.25) is 0 Å². The molecule has 140 heavy (non-hydrogen) atoms. The number of ether oxygens (including phenoxy) is 2. The Bertz CT molecular complexity index is 5490. The number of benzene rings is 12. The molecule has 0 atom stereocenters. The number of nitrogens with one attached hydrogen (secondary N) is 4. The molecule has 6 N–H and O–H groups in total. The van der Waals surface area contributed by atoms with Gasteiger partial charge in [0.05, 0.1) is 37.9 Å². The van der Waals surface area contributed by atoms with Crippen LogP contribution >= 0.6 is 28.6 Å². The first-order valence-electron chi connectivity index (χ1n) is 49.5. The van der Waals surface area contributed by atoms with Crippen LogP contribution in [0.1, 0.15) is 188 Å². The van der Waals surface area contributed by atoms with Crippen molar-refractivity contribution in [2.45, 2.75) is 169 Å². The standard InChI is InChI=1S/C118H142N6O12P4/c1-115(2,3)95-75-87-71-91-79-97(117(7,8)9)81-93(113(91)135-69-41-67-123(63-37-59-119-107(125)83-137(131,99-43-21-13-22-44-99)100-45-23-14-24-46-100)64-38-60-120-108(126)84-138(132,101-47-25-15-26-48-101)102-49-27-16-28-50-102)73-89-77-96(116(4,5)6)78-90(112(89)130)74-94-82-98(118(10,11)12)80-92(72-88(76-95)111(87)129)114(94)136-70-42-68-124(65-39-61-121-109(127)85-139(133,103-51-29-17-30-52-103)104-53-31-18-32-54-104)66-40-62-122-110(128)86-140(134,105-55-33-19-34-56-105)106-57-35-20-36-58-106/h13-36,43-58,75-82,129-130H,37-42,59-74,83-86H2,1-12H3,(H,119,125)(H,120,126)(H,121,127)(H,122,128). The predicted octanol–water partition coefficient (Wildman–Crippen LogP) is 19.2. The summed E-state index contributed by atoms with van der Waals surface area (Å²) in [6, 6.07) is 91.2. The summed E-state index contributed by atoms with van der Waals surface area (Å²) in [5.41, 5.74) is 9.14. The van der Waals surface area contributed by atoms with Crippen molar-refractivity contribution in [3.05, 3.63) is 358 Å². The van der Waals surface area contributed by atoms with Gasteiger partial charge < -0.3 is 69.0 Å². The van der Waals surface area contributed by atoms with Crippen molar-refractivity contribution >= 4 is 94.6 Å². The van der Waals surface area contributed by atoms with Crippen LogP contribution in [-0.4, -0.2) is 147 Å². The maximum absolute atomic E-state index is 15.0. The third-order valence-electron chi connectivity index (χ3n) is 26.5. The zero-order valence-electron chi connectivity index (χ0n) is 83.8. The highest BCUT2D eigenvalue weighted by atomic mass is 31.2. The maximum atomic E-state index is 15.0. The zero-order chi connectivity index (χ0) is 99.9. The van der Waals surface area contributed by atoms with Gasteiger partial charge in [0.1, 0.15) is 23.0 Å². The Morgan fingerprint density at radius 2 is 0.429 bits per heavy atom. The Labute approximate surface area is 830 Å². The molecule has 0 radical (unpaired) electrons. The minimum atomic E-state index is -3.35. The third kappa shape index (κ3) is 28.1. The highest BCUT2D eigenvalue weighted by Crippen LogP contribution is 2.49. The van der Waals surface area contributed by atoms with Crippen LogP contribution in [0.4, 0.5) is 0 Å². The molecule has 0 saturated heterocycles. The Kier molecular flexibility index (Phi) is 36.2. The first-order chi connectivity index (χ1) is 66.9. The molecule has 12 aromatic rings. The molecule has 4 amide bonds.